The zero-order valence-corrected chi connectivity index (χ0v) is 19.7. The van der Waals surface area contributed by atoms with Gasteiger partial charge in [-0.3, -0.25) is 4.74 Å². The normalized spacial score (nSPS) is 18.5. The van der Waals surface area contributed by atoms with Gasteiger partial charge in [-0.25, -0.2) is 4.79 Å². The minimum Gasteiger partial charge on any atom is -0.412 e. The van der Waals surface area contributed by atoms with Gasteiger partial charge in [-0.2, -0.15) is 119 Å². The van der Waals surface area contributed by atoms with Crippen LogP contribution in [0.25, 0.3) is 0 Å². The molecule has 274 valence electrons. The quantitative estimate of drug-likeness (QED) is 0.114. The summed E-state index contributed by atoms with van der Waals surface area (Å²) in [5.74, 6) is -88.6. The van der Waals surface area contributed by atoms with Gasteiger partial charge < -0.3 is 4.74 Å². The first kappa shape index (κ1) is 43.3. The first-order valence-corrected chi connectivity index (χ1v) is 9.57. The molecule has 0 aromatic rings. The van der Waals surface area contributed by atoms with E-state index in [0.717, 1.165) is 4.74 Å². The summed E-state index contributed by atoms with van der Waals surface area (Å²) in [4.78, 5) is 10.9. The monoisotopic (exact) mass is 756 g/mol. The fraction of sp³-hybridized carbons (Fsp3) is 0.812. The van der Waals surface area contributed by atoms with Crippen molar-refractivity contribution in [2.45, 2.75) is 77.8 Å². The number of esters is 1. The van der Waals surface area contributed by atoms with E-state index < -0.39 is 89.9 Å². The molecule has 0 aliphatic rings. The van der Waals surface area contributed by atoms with Gasteiger partial charge in [0.15, 0.2) is 0 Å². The second-order valence-corrected chi connectivity index (χ2v) is 7.95. The Kier molecular flexibility index (Phi) is 10.3. The maximum Gasteiger partial charge on any atom is 0.483 e. The molecule has 0 aromatic heterocycles. The van der Waals surface area contributed by atoms with Crippen molar-refractivity contribution in [1.82, 2.24) is 0 Å². The molecule has 0 aliphatic carbocycles. The van der Waals surface area contributed by atoms with Crippen LogP contribution in [0.2, 0.25) is 0 Å². The summed E-state index contributed by atoms with van der Waals surface area (Å²) >= 11 is 0. The molecule has 0 aliphatic heterocycles. The van der Waals surface area contributed by atoms with Crippen LogP contribution in [0.3, 0.4) is 0 Å². The molecule has 0 radical (unpaired) electrons. The summed E-state index contributed by atoms with van der Waals surface area (Å²) in [6.45, 7) is 1.94. The second-order valence-electron chi connectivity index (χ2n) is 7.95. The summed E-state index contributed by atoms with van der Waals surface area (Å²) in [6.07, 6.45) is -34.3. The van der Waals surface area contributed by atoms with Gasteiger partial charge in [0.25, 0.3) is 0 Å². The van der Waals surface area contributed by atoms with E-state index in [9.17, 15) is 123 Å². The van der Waals surface area contributed by atoms with Gasteiger partial charge in [0, 0.05) is 6.08 Å². The van der Waals surface area contributed by atoms with Crippen LogP contribution in [0.4, 0.5) is 119 Å². The van der Waals surface area contributed by atoms with E-state index >= 15 is 0 Å². The Labute approximate surface area is 230 Å². The van der Waals surface area contributed by atoms with Crippen LogP contribution in [0, 0.1) is 0 Å². The minimum absolute atomic E-state index is 0.994. The molecule has 2 atom stereocenters. The Morgan fingerprint density at radius 3 is 0.913 bits per heavy atom. The highest BCUT2D eigenvalue weighted by atomic mass is 19.4. The van der Waals surface area contributed by atoms with Crippen molar-refractivity contribution in [3.8, 4) is 0 Å². The zero-order chi connectivity index (χ0) is 38.2. The van der Waals surface area contributed by atoms with Gasteiger partial charge >= 0.3 is 83.8 Å². The molecule has 0 spiro atoms. The lowest BCUT2D eigenvalue weighted by atomic mass is 9.85. The summed E-state index contributed by atoms with van der Waals surface area (Å²) in [7, 11) is 0. The third-order valence-electron chi connectivity index (χ3n) is 4.91. The molecule has 3 nitrogen and oxygen atoms in total. The lowest BCUT2D eigenvalue weighted by Crippen LogP contribution is -2.80. The van der Waals surface area contributed by atoms with Crippen LogP contribution in [0.5, 0.6) is 0 Å². The molecule has 0 bridgehead atoms. The van der Waals surface area contributed by atoms with Crippen LogP contribution < -0.4 is 0 Å². The number of alkyl halides is 27. The van der Waals surface area contributed by atoms with Gasteiger partial charge in [-0.1, -0.05) is 6.58 Å². The highest BCUT2D eigenvalue weighted by Crippen LogP contribution is 2.67. The van der Waals surface area contributed by atoms with E-state index in [0.29, 0.717) is 0 Å². The molecule has 0 amide bonds. The van der Waals surface area contributed by atoms with E-state index in [4.69, 9.17) is 0 Å². The van der Waals surface area contributed by atoms with Gasteiger partial charge in [-0.05, 0) is 0 Å². The summed E-state index contributed by atoms with van der Waals surface area (Å²) in [5.41, 5.74) is 0. The van der Waals surface area contributed by atoms with Crippen molar-refractivity contribution in [3.63, 3.8) is 0 Å². The average molecular weight is 756 g/mol. The molecule has 0 N–H and O–H groups in total. The molecule has 30 heteroatoms. The Hall–Kier alpha value is -2.72. The molecule has 0 aromatic carbocycles. The summed E-state index contributed by atoms with van der Waals surface area (Å²) in [6, 6.07) is 0. The average Bonchev–Trinajstić information content (AvgIpc) is 2.80. The maximum absolute atomic E-state index is 14.9. The van der Waals surface area contributed by atoms with Crippen LogP contribution >= 0.6 is 0 Å². The largest absolute Gasteiger partial charge is 0.483 e. The fourth-order valence-electron chi connectivity index (χ4n) is 2.42. The molecular weight excluding hydrogens is 753 g/mol. The topological polar surface area (TPSA) is 35.5 Å². The Morgan fingerprint density at radius 2 is 0.674 bits per heavy atom. The molecule has 0 saturated carbocycles. The highest BCUT2D eigenvalue weighted by molar-refractivity contribution is 5.81. The lowest BCUT2D eigenvalue weighted by Gasteiger charge is -2.48. The predicted octanol–water partition coefficient (Wildman–Crippen LogP) is 8.79. The SMILES string of the molecule is C=CC(=O)OC(F)(C(F)(F)F)C(F)(OC(F)(F)C(F)(F)F)C(F)(F)C(F)(F)C(F)(F)C(F)(F)C(F)(F)C(F)(F)C(F)(F)C(F)(F)F. The number of rotatable bonds is 12. The number of ether oxygens (including phenoxy) is 2. The van der Waals surface area contributed by atoms with Crippen molar-refractivity contribution >= 4 is 5.97 Å². The van der Waals surface area contributed by atoms with E-state index in [-0.39, 0.29) is 0 Å². The molecule has 2 unspecified atom stereocenters. The molecule has 0 fully saturated rings. The molecule has 0 rings (SSSR count). The highest BCUT2D eigenvalue weighted by Gasteiger charge is 3.00. The Morgan fingerprint density at radius 1 is 0.391 bits per heavy atom. The Balaban J connectivity index is 8.15. The van der Waals surface area contributed by atoms with Crippen molar-refractivity contribution in [3.05, 3.63) is 12.7 Å². The second kappa shape index (κ2) is 10.9. The minimum atomic E-state index is -9.92. The third kappa shape index (κ3) is 5.61. The van der Waals surface area contributed by atoms with Gasteiger partial charge in [0.2, 0.25) is 0 Å². The first-order valence-electron chi connectivity index (χ1n) is 9.57. The van der Waals surface area contributed by atoms with Gasteiger partial charge in [0.1, 0.15) is 0 Å². The fourth-order valence-corrected chi connectivity index (χ4v) is 2.42. The maximum atomic E-state index is 14.9. The van der Waals surface area contributed by atoms with Crippen molar-refractivity contribution in [2.75, 3.05) is 0 Å². The number of hydrogen-bond donors (Lipinski definition) is 0. The van der Waals surface area contributed by atoms with Crippen molar-refractivity contribution in [1.29, 1.82) is 0 Å². The van der Waals surface area contributed by atoms with Gasteiger partial charge in [0.05, 0.1) is 0 Å². The molecule has 46 heavy (non-hydrogen) atoms. The van der Waals surface area contributed by atoms with Gasteiger partial charge in [-0.15, -0.1) is 0 Å². The van der Waals surface area contributed by atoms with E-state index in [1.807, 2.05) is 11.3 Å². The Bertz CT molecular complexity index is 1140. The molecular formula is C16H3F27O3. The number of hydrogen-bond acceptors (Lipinski definition) is 3. The number of halogens is 27. The van der Waals surface area contributed by atoms with E-state index in [2.05, 4.69) is 0 Å². The predicted molar refractivity (Wildman–Crippen MR) is 82.8 cm³/mol. The van der Waals surface area contributed by atoms with Crippen molar-refractivity contribution in [2.24, 2.45) is 0 Å². The molecule has 0 saturated heterocycles. The standard InChI is InChI=1S/C16H3F27O3/c1-2-3(44)45-12(32,14(36,37)38)11(31,46-16(42,43)15(39,40)41)9(27,28)7(23,24)5(19,20)4(17,18)6(21,22)8(25,26)10(29,30)13(33,34)35/h2H,1H2. The summed E-state index contributed by atoms with van der Waals surface area (Å²) in [5, 5.41) is 0. The van der Waals surface area contributed by atoms with Crippen LogP contribution in [-0.4, -0.2) is 83.8 Å². The number of carbonyl (C=O) groups excluding carboxylic acids is 1. The smallest absolute Gasteiger partial charge is 0.412 e. The van der Waals surface area contributed by atoms with E-state index in [1.54, 1.807) is 0 Å². The van der Waals surface area contributed by atoms with Crippen LogP contribution in [0.15, 0.2) is 12.7 Å². The first-order chi connectivity index (χ1) is 19.4. The molecule has 0 heterocycles. The lowest BCUT2D eigenvalue weighted by molar-refractivity contribution is -0.542. The van der Waals surface area contributed by atoms with Crippen LogP contribution in [-0.2, 0) is 14.3 Å². The number of carbonyl (C=O) groups is 1. The van der Waals surface area contributed by atoms with Crippen molar-refractivity contribution < 1.29 is 133 Å². The third-order valence-corrected chi connectivity index (χ3v) is 4.91. The summed E-state index contributed by atoms with van der Waals surface area (Å²) < 4.78 is 363. The van der Waals surface area contributed by atoms with E-state index in [1.165, 1.54) is 0 Å². The zero-order valence-electron chi connectivity index (χ0n) is 19.7. The van der Waals surface area contributed by atoms with Crippen LogP contribution in [0.1, 0.15) is 0 Å².